The SMILES string of the molecule is F.F.F.O=C1N(c2ccc(S(=O)(=O)C(F)(F)F)cc2)C(=O)C2(CC2)N1Cc1ccncc1O. The Bertz CT molecular complexity index is 1150. The fourth-order valence-electron chi connectivity index (χ4n) is 3.39. The lowest BCUT2D eigenvalue weighted by molar-refractivity contribution is -0.120. The van der Waals surface area contributed by atoms with Gasteiger partial charge in [0.1, 0.15) is 11.3 Å². The summed E-state index contributed by atoms with van der Waals surface area (Å²) in [6.45, 7) is -0.0596. The highest BCUT2D eigenvalue weighted by atomic mass is 32.2. The van der Waals surface area contributed by atoms with Gasteiger partial charge in [0, 0.05) is 11.8 Å². The topological polar surface area (TPSA) is 108 Å². The lowest BCUT2D eigenvalue weighted by Crippen LogP contribution is -2.36. The number of pyridine rings is 1. The highest BCUT2D eigenvalue weighted by molar-refractivity contribution is 7.92. The van der Waals surface area contributed by atoms with Crippen molar-refractivity contribution < 1.29 is 50.4 Å². The van der Waals surface area contributed by atoms with Crippen molar-refractivity contribution in [1.82, 2.24) is 9.88 Å². The van der Waals surface area contributed by atoms with Crippen LogP contribution in [-0.2, 0) is 21.2 Å². The number of hydrogen-bond acceptors (Lipinski definition) is 6. The molecule has 2 fully saturated rings. The normalized spacial score (nSPS) is 16.7. The van der Waals surface area contributed by atoms with E-state index in [1.165, 1.54) is 23.4 Å². The molecule has 1 spiro atoms. The van der Waals surface area contributed by atoms with Gasteiger partial charge in [0.2, 0.25) is 0 Å². The van der Waals surface area contributed by atoms with Gasteiger partial charge < -0.3 is 10.0 Å². The first kappa shape index (κ1) is 27.7. The van der Waals surface area contributed by atoms with Crippen LogP contribution in [0.15, 0.2) is 47.6 Å². The minimum Gasteiger partial charge on any atom is -0.506 e. The number of benzene rings is 1. The Morgan fingerprint density at radius 2 is 1.61 bits per heavy atom. The average Bonchev–Trinajstić information content (AvgIpc) is 3.45. The molecule has 2 aromatic rings. The third kappa shape index (κ3) is 4.19. The third-order valence-corrected chi connectivity index (χ3v) is 6.69. The second-order valence-corrected chi connectivity index (χ2v) is 8.93. The highest BCUT2D eigenvalue weighted by Gasteiger charge is 2.65. The van der Waals surface area contributed by atoms with Crippen molar-refractivity contribution in [1.29, 1.82) is 0 Å². The molecule has 0 unspecified atom stereocenters. The maximum atomic E-state index is 13.0. The van der Waals surface area contributed by atoms with Crippen molar-refractivity contribution in [3.05, 3.63) is 48.3 Å². The Balaban J connectivity index is 0.00000181. The van der Waals surface area contributed by atoms with E-state index in [1.54, 1.807) is 0 Å². The summed E-state index contributed by atoms with van der Waals surface area (Å²) >= 11 is 0. The van der Waals surface area contributed by atoms with E-state index in [2.05, 4.69) is 4.98 Å². The van der Waals surface area contributed by atoms with E-state index >= 15 is 0 Å². The van der Waals surface area contributed by atoms with Gasteiger partial charge in [-0.25, -0.2) is 18.1 Å². The Kier molecular flexibility index (Phi) is 7.45. The molecule has 8 nitrogen and oxygen atoms in total. The first-order chi connectivity index (χ1) is 14.0. The zero-order valence-corrected chi connectivity index (χ0v) is 17.2. The van der Waals surface area contributed by atoms with E-state index in [9.17, 15) is 36.3 Å². The number of aromatic nitrogens is 1. The number of sulfone groups is 1. The van der Waals surface area contributed by atoms with Gasteiger partial charge in [0.25, 0.3) is 15.7 Å². The summed E-state index contributed by atoms with van der Waals surface area (Å²) in [5, 5.41) is 9.92. The molecule has 4 rings (SSSR count). The largest absolute Gasteiger partial charge is 0.506 e. The first-order valence-electron chi connectivity index (χ1n) is 8.68. The number of alkyl halides is 3. The zero-order valence-electron chi connectivity index (χ0n) is 16.4. The van der Waals surface area contributed by atoms with Gasteiger partial charge in [-0.2, -0.15) is 13.2 Å². The van der Waals surface area contributed by atoms with Crippen LogP contribution in [0, 0.1) is 0 Å². The van der Waals surface area contributed by atoms with Crippen LogP contribution in [0.1, 0.15) is 18.4 Å². The van der Waals surface area contributed by atoms with Crippen LogP contribution in [-0.4, -0.2) is 46.4 Å². The Morgan fingerprint density at radius 1 is 1.03 bits per heavy atom. The molecule has 2 heterocycles. The minimum atomic E-state index is -5.54. The lowest BCUT2D eigenvalue weighted by Gasteiger charge is -2.21. The van der Waals surface area contributed by atoms with E-state index in [0.717, 1.165) is 17.0 Å². The molecule has 1 aromatic carbocycles. The molecule has 2 aliphatic rings. The van der Waals surface area contributed by atoms with Crippen molar-refractivity contribution in [3.8, 4) is 5.75 Å². The maximum absolute atomic E-state index is 13.0. The van der Waals surface area contributed by atoms with Crippen LogP contribution in [0.3, 0.4) is 0 Å². The molecule has 182 valence electrons. The fraction of sp³-hybridized carbons (Fsp3) is 0.278. The number of nitrogens with zero attached hydrogens (tertiary/aromatic N) is 3. The van der Waals surface area contributed by atoms with Crippen molar-refractivity contribution >= 4 is 27.5 Å². The predicted octanol–water partition coefficient (Wildman–Crippen LogP) is 3.04. The van der Waals surface area contributed by atoms with Gasteiger partial charge in [-0.15, -0.1) is 0 Å². The van der Waals surface area contributed by atoms with Crippen molar-refractivity contribution in [2.24, 2.45) is 0 Å². The van der Waals surface area contributed by atoms with Crippen molar-refractivity contribution in [2.75, 3.05) is 4.90 Å². The van der Waals surface area contributed by atoms with Gasteiger partial charge in [-0.1, -0.05) is 0 Å². The van der Waals surface area contributed by atoms with Gasteiger partial charge in [-0.05, 0) is 43.2 Å². The monoisotopic (exact) mass is 501 g/mol. The number of halogens is 6. The first-order valence-corrected chi connectivity index (χ1v) is 10.2. The summed E-state index contributed by atoms with van der Waals surface area (Å²) in [5.74, 6) is -0.693. The van der Waals surface area contributed by atoms with Gasteiger partial charge in [0.05, 0.1) is 23.3 Å². The lowest BCUT2D eigenvalue weighted by atomic mass is 10.2. The van der Waals surface area contributed by atoms with Crippen LogP contribution in [0.4, 0.5) is 37.8 Å². The molecule has 33 heavy (non-hydrogen) atoms. The van der Waals surface area contributed by atoms with Crippen LogP contribution >= 0.6 is 0 Å². The zero-order chi connectivity index (χ0) is 21.9. The summed E-state index contributed by atoms with van der Waals surface area (Å²) in [6, 6.07) is 4.17. The van der Waals surface area contributed by atoms with Crippen LogP contribution < -0.4 is 4.90 Å². The number of urea groups is 1. The summed E-state index contributed by atoms with van der Waals surface area (Å²) in [6.07, 6.45) is 3.43. The molecule has 0 bridgehead atoms. The molecule has 1 saturated heterocycles. The number of imide groups is 1. The Labute approximate surface area is 182 Å². The molecule has 1 aliphatic heterocycles. The van der Waals surface area contributed by atoms with Gasteiger partial charge in [0.15, 0.2) is 0 Å². The van der Waals surface area contributed by atoms with Gasteiger partial charge in [-0.3, -0.25) is 23.9 Å². The van der Waals surface area contributed by atoms with Crippen LogP contribution in [0.25, 0.3) is 0 Å². The summed E-state index contributed by atoms with van der Waals surface area (Å²) in [7, 11) is -5.54. The number of hydrogen-bond donors (Lipinski definition) is 1. The standard InChI is InChI=1S/C18H14F3N3O5S.3FH/c19-18(20,21)30(28,29)13-3-1-12(2-4-13)24-15(26)17(6-7-17)23(16(24)27)10-11-5-8-22-9-14(11)25;;;/h1-5,8-9,25H,6-7,10H2;3*1H. The number of aromatic hydroxyl groups is 1. The highest BCUT2D eigenvalue weighted by Crippen LogP contribution is 2.50. The van der Waals surface area contributed by atoms with Crippen molar-refractivity contribution in [3.63, 3.8) is 0 Å². The van der Waals surface area contributed by atoms with E-state index in [4.69, 9.17) is 0 Å². The molecule has 1 aliphatic carbocycles. The van der Waals surface area contributed by atoms with E-state index in [1.807, 2.05) is 0 Å². The maximum Gasteiger partial charge on any atom is 0.501 e. The smallest absolute Gasteiger partial charge is 0.501 e. The molecule has 1 saturated carbocycles. The summed E-state index contributed by atoms with van der Waals surface area (Å²) in [5.41, 5.74) is -6.21. The molecule has 3 amide bonds. The fourth-order valence-corrected chi connectivity index (χ4v) is 4.15. The molecule has 1 N–H and O–H groups in total. The molecule has 0 atom stereocenters. The minimum absolute atomic E-state index is 0. The average molecular weight is 501 g/mol. The van der Waals surface area contributed by atoms with Crippen LogP contribution in [0.2, 0.25) is 0 Å². The molecule has 15 heteroatoms. The molecular weight excluding hydrogens is 484 g/mol. The number of anilines is 1. The van der Waals surface area contributed by atoms with E-state index in [0.29, 0.717) is 30.5 Å². The number of amides is 3. The molecule has 1 aromatic heterocycles. The second kappa shape index (κ2) is 8.88. The molecule has 0 radical (unpaired) electrons. The summed E-state index contributed by atoms with van der Waals surface area (Å²) in [4.78, 5) is 30.8. The quantitative estimate of drug-likeness (QED) is 0.510. The van der Waals surface area contributed by atoms with E-state index < -0.39 is 37.7 Å². The number of rotatable bonds is 4. The molecular formula is C18H17F6N3O5S. The Morgan fingerprint density at radius 3 is 2.09 bits per heavy atom. The van der Waals surface area contributed by atoms with Crippen molar-refractivity contribution in [2.45, 2.75) is 35.3 Å². The predicted molar refractivity (Wildman–Crippen MR) is 103 cm³/mol. The number of carbonyl (C=O) groups is 2. The van der Waals surface area contributed by atoms with Gasteiger partial charge >= 0.3 is 11.5 Å². The number of carbonyl (C=O) groups excluding carboxylic acids is 2. The second-order valence-electron chi connectivity index (χ2n) is 6.99. The third-order valence-electron chi connectivity index (χ3n) is 5.19. The van der Waals surface area contributed by atoms with Crippen LogP contribution in [0.5, 0.6) is 5.75 Å². The summed E-state index contributed by atoms with van der Waals surface area (Å²) < 4.78 is 61.1. The Hall–Kier alpha value is -3.36. The van der Waals surface area contributed by atoms with E-state index in [-0.39, 0.29) is 32.1 Å².